The van der Waals surface area contributed by atoms with Gasteiger partial charge in [0.2, 0.25) is 5.91 Å². The quantitative estimate of drug-likeness (QED) is 0.774. The summed E-state index contributed by atoms with van der Waals surface area (Å²) >= 11 is 0. The van der Waals surface area contributed by atoms with Crippen LogP contribution in [0, 0.1) is 11.8 Å². The minimum atomic E-state index is -0.230. The number of ether oxygens (including phenoxy) is 1. The topological polar surface area (TPSA) is 58.6 Å². The third-order valence-electron chi connectivity index (χ3n) is 4.06. The number of carbonyl (C=O) groups excluding carboxylic acids is 1. The predicted molar refractivity (Wildman–Crippen MR) is 64.5 cm³/mol. The van der Waals surface area contributed by atoms with Crippen molar-refractivity contribution in [2.24, 2.45) is 11.8 Å². The van der Waals surface area contributed by atoms with Gasteiger partial charge in [0, 0.05) is 19.8 Å². The van der Waals surface area contributed by atoms with E-state index in [0.29, 0.717) is 25.0 Å². The van der Waals surface area contributed by atoms with Gasteiger partial charge in [0.1, 0.15) is 6.10 Å². The number of carbonyl (C=O) groups is 1. The molecule has 4 heteroatoms. The maximum Gasteiger partial charge on any atom is 0.249 e. The van der Waals surface area contributed by atoms with E-state index >= 15 is 0 Å². The molecule has 2 aliphatic rings. The largest absolute Gasteiger partial charge is 0.396 e. The lowest BCUT2D eigenvalue weighted by molar-refractivity contribution is -0.130. The van der Waals surface area contributed by atoms with Crippen molar-refractivity contribution < 1.29 is 14.6 Å². The van der Waals surface area contributed by atoms with E-state index in [1.165, 1.54) is 12.8 Å². The smallest absolute Gasteiger partial charge is 0.249 e. The molecule has 0 bridgehead atoms. The molecular formula is C13H23NO3. The predicted octanol–water partition coefficient (Wildman–Crippen LogP) is 1.08. The van der Waals surface area contributed by atoms with Gasteiger partial charge < -0.3 is 15.2 Å². The van der Waals surface area contributed by atoms with Crippen molar-refractivity contribution in [2.75, 3.05) is 19.8 Å². The molecule has 1 heterocycles. The van der Waals surface area contributed by atoms with Crippen molar-refractivity contribution in [3.05, 3.63) is 0 Å². The molecule has 1 saturated heterocycles. The van der Waals surface area contributed by atoms with E-state index in [9.17, 15) is 9.90 Å². The standard InChI is InChI=1S/C13H23NO3/c15-9-11-5-2-1-4-10(11)8-14-13(16)12-6-3-7-17-12/h10-12,15H,1-9H2,(H,14,16). The van der Waals surface area contributed by atoms with Crippen molar-refractivity contribution in [2.45, 2.75) is 44.6 Å². The molecule has 0 aromatic carbocycles. The number of amides is 1. The number of nitrogens with one attached hydrogen (secondary N) is 1. The Balaban J connectivity index is 1.74. The van der Waals surface area contributed by atoms with Gasteiger partial charge in [0.05, 0.1) is 0 Å². The molecule has 1 aliphatic carbocycles. The number of hydrogen-bond donors (Lipinski definition) is 2. The van der Waals surface area contributed by atoms with Crippen LogP contribution in [0.4, 0.5) is 0 Å². The Bertz CT molecular complexity index is 251. The summed E-state index contributed by atoms with van der Waals surface area (Å²) in [6.45, 7) is 1.66. The molecule has 0 aromatic rings. The minimum absolute atomic E-state index is 0.0322. The Kier molecular flexibility index (Phi) is 4.80. The summed E-state index contributed by atoms with van der Waals surface area (Å²) < 4.78 is 5.35. The minimum Gasteiger partial charge on any atom is -0.396 e. The molecule has 2 N–H and O–H groups in total. The van der Waals surface area contributed by atoms with Gasteiger partial charge >= 0.3 is 0 Å². The zero-order chi connectivity index (χ0) is 12.1. The molecule has 1 saturated carbocycles. The molecule has 17 heavy (non-hydrogen) atoms. The average Bonchev–Trinajstić information content (AvgIpc) is 2.90. The zero-order valence-corrected chi connectivity index (χ0v) is 10.4. The summed E-state index contributed by atoms with van der Waals surface area (Å²) in [5, 5.41) is 12.3. The van der Waals surface area contributed by atoms with Gasteiger partial charge in [-0.25, -0.2) is 0 Å². The second kappa shape index (κ2) is 6.36. The number of hydrogen-bond acceptors (Lipinski definition) is 3. The molecule has 3 unspecified atom stereocenters. The van der Waals surface area contributed by atoms with Crippen molar-refractivity contribution in [3.63, 3.8) is 0 Å². The average molecular weight is 241 g/mol. The molecule has 98 valence electrons. The highest BCUT2D eigenvalue weighted by molar-refractivity contribution is 5.80. The van der Waals surface area contributed by atoms with Gasteiger partial charge in [-0.15, -0.1) is 0 Å². The summed E-state index contributed by atoms with van der Waals surface area (Å²) in [5.74, 6) is 0.845. The van der Waals surface area contributed by atoms with E-state index in [0.717, 1.165) is 25.7 Å². The first-order valence-corrected chi connectivity index (χ1v) is 6.81. The monoisotopic (exact) mass is 241 g/mol. The highest BCUT2D eigenvalue weighted by Gasteiger charge is 2.27. The SMILES string of the molecule is O=C(NCC1CCCCC1CO)C1CCCO1. The summed E-state index contributed by atoms with van der Waals surface area (Å²) in [6.07, 6.45) is 6.25. The number of rotatable bonds is 4. The Morgan fingerprint density at radius 2 is 1.94 bits per heavy atom. The van der Waals surface area contributed by atoms with E-state index in [1.807, 2.05) is 0 Å². The van der Waals surface area contributed by atoms with Crippen molar-refractivity contribution >= 4 is 5.91 Å². The van der Waals surface area contributed by atoms with Crippen LogP contribution in [0.3, 0.4) is 0 Å². The molecule has 0 radical (unpaired) electrons. The van der Waals surface area contributed by atoms with Crippen molar-refractivity contribution in [1.82, 2.24) is 5.32 Å². The number of aliphatic hydroxyl groups is 1. The highest BCUT2D eigenvalue weighted by atomic mass is 16.5. The molecule has 0 spiro atoms. The lowest BCUT2D eigenvalue weighted by Gasteiger charge is -2.30. The van der Waals surface area contributed by atoms with Gasteiger partial charge in [-0.2, -0.15) is 0 Å². The number of aliphatic hydroxyl groups excluding tert-OH is 1. The van der Waals surface area contributed by atoms with Gasteiger partial charge in [0.15, 0.2) is 0 Å². The fourth-order valence-corrected chi connectivity index (χ4v) is 2.92. The van der Waals surface area contributed by atoms with Gasteiger partial charge in [0.25, 0.3) is 0 Å². The van der Waals surface area contributed by atoms with Crippen LogP contribution >= 0.6 is 0 Å². The molecule has 0 aromatic heterocycles. The molecule has 3 atom stereocenters. The highest BCUT2D eigenvalue weighted by Crippen LogP contribution is 2.29. The normalized spacial score (nSPS) is 33.6. The van der Waals surface area contributed by atoms with Crippen molar-refractivity contribution in [3.8, 4) is 0 Å². The maximum absolute atomic E-state index is 11.8. The van der Waals surface area contributed by atoms with Crippen molar-refractivity contribution in [1.29, 1.82) is 0 Å². The maximum atomic E-state index is 11.8. The Hall–Kier alpha value is -0.610. The molecule has 1 amide bonds. The van der Waals surface area contributed by atoms with Crippen LogP contribution in [0.5, 0.6) is 0 Å². The van der Waals surface area contributed by atoms with Crippen LogP contribution in [0.25, 0.3) is 0 Å². The third kappa shape index (κ3) is 3.42. The van der Waals surface area contributed by atoms with Crippen LogP contribution in [0.1, 0.15) is 38.5 Å². The van der Waals surface area contributed by atoms with Crippen LogP contribution in [-0.4, -0.2) is 36.9 Å². The molecule has 2 fully saturated rings. The second-order valence-corrected chi connectivity index (χ2v) is 5.23. The fraction of sp³-hybridized carbons (Fsp3) is 0.923. The summed E-state index contributed by atoms with van der Waals surface area (Å²) in [5.41, 5.74) is 0. The summed E-state index contributed by atoms with van der Waals surface area (Å²) in [4.78, 5) is 11.8. The first-order valence-electron chi connectivity index (χ1n) is 6.81. The third-order valence-corrected chi connectivity index (χ3v) is 4.06. The fourth-order valence-electron chi connectivity index (χ4n) is 2.92. The Morgan fingerprint density at radius 3 is 2.59 bits per heavy atom. The van der Waals surface area contributed by atoms with E-state index in [2.05, 4.69) is 5.32 Å². The van der Waals surface area contributed by atoms with E-state index in [-0.39, 0.29) is 18.6 Å². The first kappa shape index (κ1) is 12.8. The van der Waals surface area contributed by atoms with Gasteiger partial charge in [-0.1, -0.05) is 12.8 Å². The lowest BCUT2D eigenvalue weighted by Crippen LogP contribution is -2.40. The van der Waals surface area contributed by atoms with Gasteiger partial charge in [-0.3, -0.25) is 4.79 Å². The summed E-state index contributed by atoms with van der Waals surface area (Å²) in [7, 11) is 0. The second-order valence-electron chi connectivity index (χ2n) is 5.23. The van der Waals surface area contributed by atoms with Crippen LogP contribution in [-0.2, 0) is 9.53 Å². The Labute approximate surface area is 103 Å². The van der Waals surface area contributed by atoms with Crippen LogP contribution in [0.2, 0.25) is 0 Å². The molecular weight excluding hydrogens is 218 g/mol. The first-order chi connectivity index (χ1) is 8.31. The van der Waals surface area contributed by atoms with Crippen LogP contribution < -0.4 is 5.32 Å². The Morgan fingerprint density at radius 1 is 1.18 bits per heavy atom. The molecule has 2 rings (SSSR count). The van der Waals surface area contributed by atoms with E-state index in [4.69, 9.17) is 4.74 Å². The van der Waals surface area contributed by atoms with E-state index < -0.39 is 0 Å². The summed E-state index contributed by atoms with van der Waals surface area (Å²) in [6, 6.07) is 0. The van der Waals surface area contributed by atoms with Crippen LogP contribution in [0.15, 0.2) is 0 Å². The molecule has 1 aliphatic heterocycles. The van der Waals surface area contributed by atoms with Gasteiger partial charge in [-0.05, 0) is 37.5 Å². The molecule has 4 nitrogen and oxygen atoms in total. The zero-order valence-electron chi connectivity index (χ0n) is 10.4. The lowest BCUT2D eigenvalue weighted by atomic mass is 9.79. The van der Waals surface area contributed by atoms with E-state index in [1.54, 1.807) is 0 Å².